The molecule has 2 unspecified atom stereocenters. The fourth-order valence-electron chi connectivity index (χ4n) is 2.32. The number of para-hydroxylation sites is 1. The summed E-state index contributed by atoms with van der Waals surface area (Å²) in [6.45, 7) is 1.34. The van der Waals surface area contributed by atoms with Gasteiger partial charge in [0.1, 0.15) is 5.75 Å². The van der Waals surface area contributed by atoms with E-state index in [4.69, 9.17) is 4.74 Å². The molecule has 2 atom stereocenters. The summed E-state index contributed by atoms with van der Waals surface area (Å²) in [6.07, 6.45) is -0.461. The zero-order valence-corrected chi connectivity index (χ0v) is 11.5. The Labute approximate surface area is 116 Å². The number of benzene rings is 1. The molecule has 1 heterocycles. The van der Waals surface area contributed by atoms with E-state index in [1.165, 1.54) is 0 Å². The quantitative estimate of drug-likeness (QED) is 0.887. The number of ether oxygens (including phenoxy) is 1. The summed E-state index contributed by atoms with van der Waals surface area (Å²) in [7, 11) is 1.55. The standard InChI is InChI=1S/C14H18F2N2O2/c1-9(10-5-3-4-6-12(10)20-2)18-13(19)11-7-14(15,16)8-17-11/h3-6,9,11,17H,7-8H2,1-2H3,(H,18,19). The number of rotatable bonds is 4. The fourth-order valence-corrected chi connectivity index (χ4v) is 2.32. The van der Waals surface area contributed by atoms with Gasteiger partial charge >= 0.3 is 0 Å². The van der Waals surface area contributed by atoms with Gasteiger partial charge in [0.05, 0.1) is 25.7 Å². The van der Waals surface area contributed by atoms with Gasteiger partial charge in [0.25, 0.3) is 5.92 Å². The predicted molar refractivity (Wildman–Crippen MR) is 70.9 cm³/mol. The maximum Gasteiger partial charge on any atom is 0.262 e. The highest BCUT2D eigenvalue weighted by molar-refractivity contribution is 5.82. The molecule has 0 aromatic heterocycles. The molecule has 0 aliphatic carbocycles. The van der Waals surface area contributed by atoms with Crippen molar-refractivity contribution in [2.75, 3.05) is 13.7 Å². The van der Waals surface area contributed by atoms with Crippen LogP contribution in [0, 0.1) is 0 Å². The van der Waals surface area contributed by atoms with Crippen LogP contribution >= 0.6 is 0 Å². The van der Waals surface area contributed by atoms with Gasteiger partial charge in [-0.2, -0.15) is 0 Å². The second kappa shape index (κ2) is 5.75. The lowest BCUT2D eigenvalue weighted by atomic mass is 10.1. The van der Waals surface area contributed by atoms with Gasteiger partial charge in [-0.15, -0.1) is 0 Å². The van der Waals surface area contributed by atoms with Crippen molar-refractivity contribution in [2.24, 2.45) is 0 Å². The van der Waals surface area contributed by atoms with Gasteiger partial charge in [-0.05, 0) is 13.0 Å². The van der Waals surface area contributed by atoms with Crippen LogP contribution in [0.15, 0.2) is 24.3 Å². The lowest BCUT2D eigenvalue weighted by Crippen LogP contribution is -2.41. The van der Waals surface area contributed by atoms with Gasteiger partial charge < -0.3 is 10.1 Å². The molecule has 2 rings (SSSR count). The molecule has 2 N–H and O–H groups in total. The Kier molecular flexibility index (Phi) is 4.23. The predicted octanol–water partition coefficient (Wildman–Crippen LogP) is 1.87. The normalized spacial score (nSPS) is 22.3. The number of carbonyl (C=O) groups is 1. The summed E-state index contributed by atoms with van der Waals surface area (Å²) >= 11 is 0. The molecule has 1 aliphatic rings. The molecule has 0 radical (unpaired) electrons. The molecule has 0 saturated carbocycles. The van der Waals surface area contributed by atoms with E-state index in [9.17, 15) is 13.6 Å². The van der Waals surface area contributed by atoms with Gasteiger partial charge in [0, 0.05) is 12.0 Å². The van der Waals surface area contributed by atoms with Crippen molar-refractivity contribution in [3.05, 3.63) is 29.8 Å². The molecule has 0 spiro atoms. The first kappa shape index (κ1) is 14.7. The average Bonchev–Trinajstić information content (AvgIpc) is 2.79. The Balaban J connectivity index is 2.01. The molecule has 20 heavy (non-hydrogen) atoms. The minimum absolute atomic E-state index is 0.310. The maximum absolute atomic E-state index is 13.1. The topological polar surface area (TPSA) is 50.4 Å². The van der Waals surface area contributed by atoms with Gasteiger partial charge in [-0.3, -0.25) is 10.1 Å². The molecule has 110 valence electrons. The maximum atomic E-state index is 13.1. The number of halogens is 2. The van der Waals surface area contributed by atoms with Crippen molar-refractivity contribution in [1.82, 2.24) is 10.6 Å². The molecule has 1 aromatic rings. The van der Waals surface area contributed by atoms with E-state index in [1.807, 2.05) is 18.2 Å². The van der Waals surface area contributed by atoms with Crippen molar-refractivity contribution in [1.29, 1.82) is 0 Å². The lowest BCUT2D eigenvalue weighted by Gasteiger charge is -2.19. The zero-order valence-electron chi connectivity index (χ0n) is 11.5. The smallest absolute Gasteiger partial charge is 0.262 e. The molecule has 6 heteroatoms. The monoisotopic (exact) mass is 284 g/mol. The van der Waals surface area contributed by atoms with Crippen LogP contribution < -0.4 is 15.4 Å². The highest BCUT2D eigenvalue weighted by atomic mass is 19.3. The van der Waals surface area contributed by atoms with Crippen LogP contribution in [0.25, 0.3) is 0 Å². The van der Waals surface area contributed by atoms with E-state index in [0.717, 1.165) is 5.56 Å². The third-order valence-electron chi connectivity index (χ3n) is 3.39. The molecule has 1 saturated heterocycles. The number of hydrogen-bond acceptors (Lipinski definition) is 3. The number of hydrogen-bond donors (Lipinski definition) is 2. The van der Waals surface area contributed by atoms with E-state index in [0.29, 0.717) is 5.75 Å². The second-order valence-electron chi connectivity index (χ2n) is 4.97. The van der Waals surface area contributed by atoms with Gasteiger partial charge in [-0.25, -0.2) is 8.78 Å². The first-order chi connectivity index (χ1) is 9.43. The largest absolute Gasteiger partial charge is 0.496 e. The first-order valence-electron chi connectivity index (χ1n) is 6.47. The van der Waals surface area contributed by atoms with Crippen LogP contribution in [0.1, 0.15) is 24.9 Å². The summed E-state index contributed by atoms with van der Waals surface area (Å²) in [6, 6.07) is 6.13. The molecule has 4 nitrogen and oxygen atoms in total. The first-order valence-corrected chi connectivity index (χ1v) is 6.47. The average molecular weight is 284 g/mol. The van der Waals surface area contributed by atoms with Crippen molar-refractivity contribution >= 4 is 5.91 Å². The van der Waals surface area contributed by atoms with E-state index < -0.39 is 30.8 Å². The molecular weight excluding hydrogens is 266 g/mol. The van der Waals surface area contributed by atoms with Crippen LogP contribution in [0.2, 0.25) is 0 Å². The molecule has 1 aromatic carbocycles. The minimum Gasteiger partial charge on any atom is -0.496 e. The molecule has 0 bridgehead atoms. The van der Waals surface area contributed by atoms with E-state index in [2.05, 4.69) is 10.6 Å². The third kappa shape index (κ3) is 3.25. The van der Waals surface area contributed by atoms with Gasteiger partial charge in [0.15, 0.2) is 0 Å². The second-order valence-corrected chi connectivity index (χ2v) is 4.97. The highest BCUT2D eigenvalue weighted by Crippen LogP contribution is 2.27. The summed E-state index contributed by atoms with van der Waals surface area (Å²) in [5.41, 5.74) is 0.813. The SMILES string of the molecule is COc1ccccc1C(C)NC(=O)C1CC(F)(F)CN1. The number of methoxy groups -OCH3 is 1. The van der Waals surface area contributed by atoms with E-state index in [-0.39, 0.29) is 6.04 Å². The Bertz CT molecular complexity index is 494. The molecule has 1 aliphatic heterocycles. The van der Waals surface area contributed by atoms with Gasteiger partial charge in [0.2, 0.25) is 5.91 Å². The summed E-state index contributed by atoms with van der Waals surface area (Å²) in [5, 5.41) is 5.27. The molecular formula is C14H18F2N2O2. The van der Waals surface area contributed by atoms with E-state index >= 15 is 0 Å². The van der Waals surface area contributed by atoms with Crippen molar-refractivity contribution in [3.8, 4) is 5.75 Å². The minimum atomic E-state index is -2.81. The number of carbonyl (C=O) groups excluding carboxylic acids is 1. The summed E-state index contributed by atoms with van der Waals surface area (Å²) in [4.78, 5) is 12.0. The van der Waals surface area contributed by atoms with Crippen LogP contribution in [0.5, 0.6) is 5.75 Å². The van der Waals surface area contributed by atoms with Crippen molar-refractivity contribution in [3.63, 3.8) is 0 Å². The third-order valence-corrected chi connectivity index (χ3v) is 3.39. The fraction of sp³-hybridized carbons (Fsp3) is 0.500. The Morgan fingerprint density at radius 3 is 2.80 bits per heavy atom. The van der Waals surface area contributed by atoms with Crippen molar-refractivity contribution < 1.29 is 18.3 Å². The molecule has 1 fully saturated rings. The summed E-state index contributed by atoms with van der Waals surface area (Å²) < 4.78 is 31.4. The number of amides is 1. The number of alkyl halides is 2. The van der Waals surface area contributed by atoms with E-state index in [1.54, 1.807) is 20.1 Å². The number of nitrogens with one attached hydrogen (secondary N) is 2. The Morgan fingerprint density at radius 2 is 2.20 bits per heavy atom. The highest BCUT2D eigenvalue weighted by Gasteiger charge is 2.42. The lowest BCUT2D eigenvalue weighted by molar-refractivity contribution is -0.124. The van der Waals surface area contributed by atoms with Crippen LogP contribution in [0.4, 0.5) is 8.78 Å². The Hall–Kier alpha value is -1.69. The van der Waals surface area contributed by atoms with Gasteiger partial charge in [-0.1, -0.05) is 18.2 Å². The Morgan fingerprint density at radius 1 is 1.50 bits per heavy atom. The molecule has 1 amide bonds. The van der Waals surface area contributed by atoms with Crippen LogP contribution in [-0.4, -0.2) is 31.5 Å². The van der Waals surface area contributed by atoms with Crippen LogP contribution in [0.3, 0.4) is 0 Å². The van der Waals surface area contributed by atoms with Crippen LogP contribution in [-0.2, 0) is 4.79 Å². The zero-order chi connectivity index (χ0) is 14.8. The van der Waals surface area contributed by atoms with Crippen molar-refractivity contribution in [2.45, 2.75) is 31.4 Å². The summed E-state index contributed by atoms with van der Waals surface area (Å²) in [5.74, 6) is -2.57.